The topological polar surface area (TPSA) is 58.4 Å². The summed E-state index contributed by atoms with van der Waals surface area (Å²) in [5.74, 6) is 0. The second-order valence-corrected chi connectivity index (χ2v) is 5.90. The van der Waals surface area contributed by atoms with E-state index in [1.165, 1.54) is 6.07 Å². The third kappa shape index (κ3) is 4.28. The van der Waals surface area contributed by atoms with Crippen molar-refractivity contribution in [2.24, 2.45) is 0 Å². The molecule has 0 amide bonds. The fourth-order valence-corrected chi connectivity index (χ4v) is 1.88. The van der Waals surface area contributed by atoms with Gasteiger partial charge in [-0.05, 0) is 39.9 Å². The molecule has 0 aliphatic rings. The molecule has 0 fully saturated rings. The number of nitrogens with one attached hydrogen (secondary N) is 1. The Morgan fingerprint density at radius 1 is 1.40 bits per heavy atom. The molecule has 1 atom stereocenters. The first-order valence-corrected chi connectivity index (χ1v) is 6.93. The smallest absolute Gasteiger partial charge is 0.269 e. The highest BCUT2D eigenvalue weighted by Crippen LogP contribution is 2.22. The molecule has 0 aliphatic heterocycles. The molecule has 5 nitrogen and oxygen atoms in total. The largest absolute Gasteiger partial charge is 0.308 e. The van der Waals surface area contributed by atoms with Gasteiger partial charge in [-0.25, -0.2) is 0 Å². The minimum atomic E-state index is -0.347. The van der Waals surface area contributed by atoms with Gasteiger partial charge >= 0.3 is 0 Å². The summed E-state index contributed by atoms with van der Waals surface area (Å²) in [6.45, 7) is 7.24. The average molecular weight is 279 g/mol. The molecule has 0 heterocycles. The fraction of sp³-hybridized carbons (Fsp3) is 0.600. The number of benzene rings is 1. The summed E-state index contributed by atoms with van der Waals surface area (Å²) >= 11 is 0. The lowest BCUT2D eigenvalue weighted by Gasteiger charge is -2.34. The predicted octanol–water partition coefficient (Wildman–Crippen LogP) is 2.98. The molecule has 112 valence electrons. The molecular weight excluding hydrogens is 254 g/mol. The van der Waals surface area contributed by atoms with Gasteiger partial charge in [0.25, 0.3) is 5.69 Å². The molecule has 0 radical (unpaired) electrons. The summed E-state index contributed by atoms with van der Waals surface area (Å²) in [4.78, 5) is 12.7. The van der Waals surface area contributed by atoms with Gasteiger partial charge in [-0.1, -0.05) is 19.1 Å². The van der Waals surface area contributed by atoms with Crippen molar-refractivity contribution in [2.45, 2.75) is 38.8 Å². The highest BCUT2D eigenvalue weighted by atomic mass is 16.6. The molecule has 1 aromatic rings. The quantitative estimate of drug-likeness (QED) is 0.616. The van der Waals surface area contributed by atoms with Crippen LogP contribution in [0.4, 0.5) is 5.69 Å². The highest BCUT2D eigenvalue weighted by molar-refractivity contribution is 5.35. The van der Waals surface area contributed by atoms with E-state index in [2.05, 4.69) is 45.1 Å². The second-order valence-electron chi connectivity index (χ2n) is 5.90. The van der Waals surface area contributed by atoms with Crippen LogP contribution in [-0.2, 0) is 0 Å². The van der Waals surface area contributed by atoms with Crippen LogP contribution in [0.15, 0.2) is 24.3 Å². The third-order valence-corrected chi connectivity index (χ3v) is 3.88. The van der Waals surface area contributed by atoms with Crippen LogP contribution >= 0.6 is 0 Å². The van der Waals surface area contributed by atoms with Crippen LogP contribution in [0.25, 0.3) is 0 Å². The number of rotatable bonds is 7. The zero-order chi connectivity index (χ0) is 15.3. The number of hydrogen-bond acceptors (Lipinski definition) is 4. The van der Waals surface area contributed by atoms with Crippen molar-refractivity contribution in [1.29, 1.82) is 0 Å². The van der Waals surface area contributed by atoms with Crippen LogP contribution in [0.1, 0.15) is 38.8 Å². The van der Waals surface area contributed by atoms with Crippen molar-refractivity contribution >= 4 is 5.69 Å². The number of nitro benzene ring substituents is 1. The zero-order valence-corrected chi connectivity index (χ0v) is 13.0. The molecular formula is C15H25N3O2. The van der Waals surface area contributed by atoms with E-state index in [0.29, 0.717) is 0 Å². The third-order valence-electron chi connectivity index (χ3n) is 3.88. The van der Waals surface area contributed by atoms with Crippen LogP contribution in [0.3, 0.4) is 0 Å². The monoisotopic (exact) mass is 279 g/mol. The molecule has 1 rings (SSSR count). The fourth-order valence-electron chi connectivity index (χ4n) is 1.88. The van der Waals surface area contributed by atoms with Gasteiger partial charge in [0.2, 0.25) is 0 Å². The average Bonchev–Trinajstić information content (AvgIpc) is 2.39. The first-order valence-electron chi connectivity index (χ1n) is 6.93. The molecule has 0 saturated carbocycles. The lowest BCUT2D eigenvalue weighted by Crippen LogP contribution is -2.47. The maximum absolute atomic E-state index is 10.8. The van der Waals surface area contributed by atoms with Crippen molar-refractivity contribution in [2.75, 3.05) is 20.6 Å². The first-order chi connectivity index (χ1) is 9.27. The SMILES string of the molecule is CCC(NCC(C)(C)N(C)C)c1cccc([N+](=O)[O-])c1. The number of non-ortho nitro benzene ring substituents is 1. The van der Waals surface area contributed by atoms with Crippen molar-refractivity contribution < 1.29 is 4.92 Å². The summed E-state index contributed by atoms with van der Waals surface area (Å²) in [6, 6.07) is 7.00. The van der Waals surface area contributed by atoms with E-state index in [1.807, 2.05) is 6.07 Å². The first kappa shape index (κ1) is 16.6. The Bertz CT molecular complexity index is 458. The number of hydrogen-bond donors (Lipinski definition) is 1. The van der Waals surface area contributed by atoms with Gasteiger partial charge in [-0.15, -0.1) is 0 Å². The minimum Gasteiger partial charge on any atom is -0.308 e. The molecule has 1 N–H and O–H groups in total. The van der Waals surface area contributed by atoms with Crippen molar-refractivity contribution in [1.82, 2.24) is 10.2 Å². The van der Waals surface area contributed by atoms with E-state index in [-0.39, 0.29) is 22.2 Å². The van der Waals surface area contributed by atoms with Gasteiger partial charge in [-0.2, -0.15) is 0 Å². The lowest BCUT2D eigenvalue weighted by atomic mass is 10.00. The van der Waals surface area contributed by atoms with Gasteiger partial charge in [0.1, 0.15) is 0 Å². The van der Waals surface area contributed by atoms with Gasteiger partial charge < -0.3 is 10.2 Å². The van der Waals surface area contributed by atoms with Crippen LogP contribution in [0.5, 0.6) is 0 Å². The summed E-state index contributed by atoms with van der Waals surface area (Å²) in [7, 11) is 4.10. The Hall–Kier alpha value is -1.46. The summed E-state index contributed by atoms with van der Waals surface area (Å²) in [5, 5.41) is 14.4. The van der Waals surface area contributed by atoms with E-state index in [4.69, 9.17) is 0 Å². The van der Waals surface area contributed by atoms with Gasteiger partial charge in [-0.3, -0.25) is 10.1 Å². The van der Waals surface area contributed by atoms with Crippen molar-refractivity contribution in [3.8, 4) is 0 Å². The Morgan fingerprint density at radius 3 is 2.55 bits per heavy atom. The summed E-state index contributed by atoms with van der Waals surface area (Å²) in [5.41, 5.74) is 1.15. The Kier molecular flexibility index (Phi) is 5.65. The molecule has 1 aromatic carbocycles. The Labute approximate surface area is 121 Å². The maximum atomic E-state index is 10.8. The minimum absolute atomic E-state index is 0.0358. The van der Waals surface area contributed by atoms with Crippen molar-refractivity contribution in [3.63, 3.8) is 0 Å². The lowest BCUT2D eigenvalue weighted by molar-refractivity contribution is -0.384. The summed E-state index contributed by atoms with van der Waals surface area (Å²) < 4.78 is 0. The normalized spacial score (nSPS) is 13.5. The van der Waals surface area contributed by atoms with Gasteiger partial charge in [0, 0.05) is 30.3 Å². The zero-order valence-electron chi connectivity index (χ0n) is 13.0. The standard InChI is InChI=1S/C15H25N3O2/c1-6-14(16-11-15(2,3)17(4)5)12-8-7-9-13(10-12)18(19)20/h7-10,14,16H,6,11H2,1-5H3. The highest BCUT2D eigenvalue weighted by Gasteiger charge is 2.22. The molecule has 20 heavy (non-hydrogen) atoms. The number of nitro groups is 1. The molecule has 0 aliphatic carbocycles. The Balaban J connectivity index is 2.81. The van der Waals surface area contributed by atoms with E-state index < -0.39 is 0 Å². The van der Waals surface area contributed by atoms with Gasteiger partial charge in [0.15, 0.2) is 0 Å². The molecule has 0 spiro atoms. The molecule has 0 aromatic heterocycles. The van der Waals surface area contributed by atoms with E-state index in [1.54, 1.807) is 12.1 Å². The van der Waals surface area contributed by atoms with Crippen LogP contribution in [0, 0.1) is 10.1 Å². The number of likely N-dealkylation sites (N-methyl/N-ethyl adjacent to an activating group) is 1. The molecule has 0 bridgehead atoms. The van der Waals surface area contributed by atoms with Crippen LogP contribution < -0.4 is 5.32 Å². The molecule has 1 unspecified atom stereocenters. The summed E-state index contributed by atoms with van der Waals surface area (Å²) in [6.07, 6.45) is 0.894. The van der Waals surface area contributed by atoms with E-state index in [9.17, 15) is 10.1 Å². The van der Waals surface area contributed by atoms with Crippen molar-refractivity contribution in [3.05, 3.63) is 39.9 Å². The molecule has 0 saturated heterocycles. The van der Waals surface area contributed by atoms with E-state index in [0.717, 1.165) is 18.5 Å². The van der Waals surface area contributed by atoms with Crippen LogP contribution in [0.2, 0.25) is 0 Å². The van der Waals surface area contributed by atoms with Crippen LogP contribution in [-0.4, -0.2) is 36.0 Å². The van der Waals surface area contributed by atoms with E-state index >= 15 is 0 Å². The second kappa shape index (κ2) is 6.81. The maximum Gasteiger partial charge on any atom is 0.269 e. The Morgan fingerprint density at radius 2 is 2.05 bits per heavy atom. The number of nitrogens with zero attached hydrogens (tertiary/aromatic N) is 2. The van der Waals surface area contributed by atoms with Gasteiger partial charge in [0.05, 0.1) is 4.92 Å². The molecule has 5 heteroatoms. The predicted molar refractivity (Wildman–Crippen MR) is 81.9 cm³/mol.